The van der Waals surface area contributed by atoms with Crippen LogP contribution in [-0.4, -0.2) is 22.7 Å². The second-order valence-corrected chi connectivity index (χ2v) is 5.79. The Bertz CT molecular complexity index is 712. The van der Waals surface area contributed by atoms with Crippen molar-refractivity contribution in [3.63, 3.8) is 0 Å². The summed E-state index contributed by atoms with van der Waals surface area (Å²) in [6.07, 6.45) is 1.76. The van der Waals surface area contributed by atoms with Gasteiger partial charge in [-0.2, -0.15) is 0 Å². The Balaban J connectivity index is 1.75. The molecule has 0 radical (unpaired) electrons. The van der Waals surface area contributed by atoms with Gasteiger partial charge in [0, 0.05) is 19.4 Å². The topological polar surface area (TPSA) is 49.8 Å². The third-order valence-electron chi connectivity index (χ3n) is 4.22. The minimum atomic E-state index is -0.246. The lowest BCUT2D eigenvalue weighted by Crippen LogP contribution is -2.27. The second-order valence-electron chi connectivity index (χ2n) is 5.79. The first-order valence-corrected chi connectivity index (χ1v) is 7.98. The highest BCUT2D eigenvalue weighted by molar-refractivity contribution is 5.75. The number of hydrogen-bond acceptors (Lipinski definition) is 3. The van der Waals surface area contributed by atoms with Crippen molar-refractivity contribution < 1.29 is 14.7 Å². The molecule has 0 aliphatic carbocycles. The minimum absolute atomic E-state index is 0.246. The van der Waals surface area contributed by atoms with E-state index in [1.165, 1.54) is 11.1 Å². The van der Waals surface area contributed by atoms with Crippen LogP contribution in [0, 0.1) is 0 Å². The molecule has 2 aromatic rings. The number of hydroxylamine groups is 2. The lowest BCUT2D eigenvalue weighted by molar-refractivity contribution is -0.164. The van der Waals surface area contributed by atoms with Crippen molar-refractivity contribution in [2.24, 2.45) is 0 Å². The van der Waals surface area contributed by atoms with Crippen molar-refractivity contribution in [2.75, 3.05) is 6.54 Å². The molecule has 1 amide bonds. The van der Waals surface area contributed by atoms with Crippen LogP contribution in [0.4, 0.5) is 0 Å². The molecule has 4 heteroatoms. The van der Waals surface area contributed by atoms with Crippen molar-refractivity contribution in [1.82, 2.24) is 5.06 Å². The normalized spacial score (nSPS) is 12.6. The standard InChI is InChI=1S/C19H21NO3/c1-2-20(22)19(21)10-8-14-7-9-18-17(11-14)12-15-5-3-4-6-16(15)13-23-18/h3-7,9,11,22H,2,8,10,12-13H2,1H3. The molecule has 1 aliphatic rings. The van der Waals surface area contributed by atoms with Gasteiger partial charge < -0.3 is 4.74 Å². The SMILES string of the molecule is CCN(O)C(=O)CCc1ccc2c(c1)Cc1ccccc1CO2. The number of carbonyl (C=O) groups excluding carboxylic acids is 1. The Labute approximate surface area is 136 Å². The third-order valence-corrected chi connectivity index (χ3v) is 4.22. The van der Waals surface area contributed by atoms with Crippen LogP contribution in [0.15, 0.2) is 42.5 Å². The van der Waals surface area contributed by atoms with Crippen LogP contribution in [0.1, 0.15) is 35.6 Å². The van der Waals surface area contributed by atoms with Gasteiger partial charge in [-0.05, 0) is 41.7 Å². The lowest BCUT2D eigenvalue weighted by Gasteiger charge is -2.13. The lowest BCUT2D eigenvalue weighted by atomic mass is 9.98. The van der Waals surface area contributed by atoms with E-state index in [-0.39, 0.29) is 5.91 Å². The summed E-state index contributed by atoms with van der Waals surface area (Å²) < 4.78 is 5.90. The highest BCUT2D eigenvalue weighted by Crippen LogP contribution is 2.29. The van der Waals surface area contributed by atoms with Crippen molar-refractivity contribution in [3.8, 4) is 5.75 Å². The zero-order valence-corrected chi connectivity index (χ0v) is 13.3. The van der Waals surface area contributed by atoms with E-state index in [0.717, 1.165) is 28.4 Å². The predicted octanol–water partition coefficient (Wildman–Crippen LogP) is 3.34. The van der Waals surface area contributed by atoms with Crippen LogP contribution in [0.5, 0.6) is 5.75 Å². The number of rotatable bonds is 4. The first-order chi connectivity index (χ1) is 11.2. The number of fused-ring (bicyclic) bond motifs is 2. The van der Waals surface area contributed by atoms with E-state index >= 15 is 0 Å². The monoisotopic (exact) mass is 311 g/mol. The van der Waals surface area contributed by atoms with Gasteiger partial charge in [0.15, 0.2) is 0 Å². The number of aryl methyl sites for hydroxylation is 1. The van der Waals surface area contributed by atoms with Gasteiger partial charge in [0.1, 0.15) is 12.4 Å². The smallest absolute Gasteiger partial charge is 0.246 e. The van der Waals surface area contributed by atoms with E-state index in [1.807, 2.05) is 24.3 Å². The fourth-order valence-electron chi connectivity index (χ4n) is 2.86. The first kappa shape index (κ1) is 15.6. The molecule has 1 aliphatic heterocycles. The van der Waals surface area contributed by atoms with Gasteiger partial charge in [0.05, 0.1) is 0 Å². The molecule has 0 spiro atoms. The molecule has 0 aromatic heterocycles. The maximum atomic E-state index is 11.7. The fourth-order valence-corrected chi connectivity index (χ4v) is 2.86. The molecule has 0 unspecified atom stereocenters. The van der Waals surface area contributed by atoms with Gasteiger partial charge in [-0.15, -0.1) is 0 Å². The Morgan fingerprint density at radius 1 is 1.17 bits per heavy atom. The number of carbonyl (C=O) groups is 1. The summed E-state index contributed by atoms with van der Waals surface area (Å²) in [6, 6.07) is 14.4. The molecule has 0 fully saturated rings. The molecule has 3 rings (SSSR count). The molecule has 4 nitrogen and oxygen atoms in total. The fraction of sp³-hybridized carbons (Fsp3) is 0.316. The third kappa shape index (κ3) is 3.54. The van der Waals surface area contributed by atoms with Crippen molar-refractivity contribution in [3.05, 3.63) is 64.7 Å². The van der Waals surface area contributed by atoms with Gasteiger partial charge in [0.2, 0.25) is 5.91 Å². The molecule has 2 aromatic carbocycles. The summed E-state index contributed by atoms with van der Waals surface area (Å²) in [7, 11) is 0. The quantitative estimate of drug-likeness (QED) is 0.696. The first-order valence-electron chi connectivity index (χ1n) is 7.98. The summed E-state index contributed by atoms with van der Waals surface area (Å²) >= 11 is 0. The summed E-state index contributed by atoms with van der Waals surface area (Å²) in [6.45, 7) is 2.65. The molecule has 0 atom stereocenters. The van der Waals surface area contributed by atoms with Crippen LogP contribution >= 0.6 is 0 Å². The van der Waals surface area contributed by atoms with Crippen LogP contribution in [0.3, 0.4) is 0 Å². The molecule has 1 N–H and O–H groups in total. The van der Waals surface area contributed by atoms with Crippen molar-refractivity contribution in [1.29, 1.82) is 0 Å². The number of nitrogens with zero attached hydrogens (tertiary/aromatic N) is 1. The van der Waals surface area contributed by atoms with Crippen LogP contribution in [-0.2, 0) is 24.2 Å². The van der Waals surface area contributed by atoms with Gasteiger partial charge in [-0.3, -0.25) is 10.0 Å². The zero-order valence-electron chi connectivity index (χ0n) is 13.3. The van der Waals surface area contributed by atoms with Crippen LogP contribution in [0.25, 0.3) is 0 Å². The molecule has 1 heterocycles. The summed E-state index contributed by atoms with van der Waals surface area (Å²) in [4.78, 5) is 11.7. The highest BCUT2D eigenvalue weighted by atomic mass is 16.5. The second kappa shape index (κ2) is 6.84. The van der Waals surface area contributed by atoms with Crippen molar-refractivity contribution >= 4 is 5.91 Å². The number of hydrogen-bond donors (Lipinski definition) is 1. The van der Waals surface area contributed by atoms with Crippen LogP contribution in [0.2, 0.25) is 0 Å². The molecule has 0 saturated carbocycles. The Kier molecular flexibility index (Phi) is 4.63. The maximum absolute atomic E-state index is 11.7. The van der Waals surface area contributed by atoms with Crippen molar-refractivity contribution in [2.45, 2.75) is 32.8 Å². The molecule has 0 bridgehead atoms. The van der Waals surface area contributed by atoms with Gasteiger partial charge in [0.25, 0.3) is 0 Å². The number of benzene rings is 2. The maximum Gasteiger partial charge on any atom is 0.246 e. The summed E-state index contributed by atoms with van der Waals surface area (Å²) in [5.41, 5.74) is 4.74. The minimum Gasteiger partial charge on any atom is -0.489 e. The van der Waals surface area contributed by atoms with Gasteiger partial charge in [-0.1, -0.05) is 36.4 Å². The molecular weight excluding hydrogens is 290 g/mol. The van der Waals surface area contributed by atoms with E-state index < -0.39 is 0 Å². The predicted molar refractivity (Wildman–Crippen MR) is 87.5 cm³/mol. The van der Waals surface area contributed by atoms with E-state index in [0.29, 0.717) is 26.0 Å². The zero-order chi connectivity index (χ0) is 16.2. The largest absolute Gasteiger partial charge is 0.489 e. The van der Waals surface area contributed by atoms with E-state index in [1.54, 1.807) is 6.92 Å². The van der Waals surface area contributed by atoms with Gasteiger partial charge >= 0.3 is 0 Å². The number of ether oxygens (including phenoxy) is 1. The Hall–Kier alpha value is -2.33. The van der Waals surface area contributed by atoms with E-state index in [9.17, 15) is 10.0 Å². The molecule has 120 valence electrons. The average Bonchev–Trinajstić information content (AvgIpc) is 2.77. The Morgan fingerprint density at radius 2 is 1.96 bits per heavy atom. The van der Waals surface area contributed by atoms with E-state index in [4.69, 9.17) is 4.74 Å². The highest BCUT2D eigenvalue weighted by Gasteiger charge is 2.15. The van der Waals surface area contributed by atoms with Gasteiger partial charge in [-0.25, -0.2) is 5.06 Å². The number of amides is 1. The summed E-state index contributed by atoms with van der Waals surface area (Å²) in [5.74, 6) is 0.664. The Morgan fingerprint density at radius 3 is 2.74 bits per heavy atom. The van der Waals surface area contributed by atoms with E-state index in [2.05, 4.69) is 18.2 Å². The average molecular weight is 311 g/mol. The van der Waals surface area contributed by atoms with Crippen LogP contribution < -0.4 is 4.74 Å². The summed E-state index contributed by atoms with van der Waals surface area (Å²) in [5, 5.41) is 10.2. The molecule has 0 saturated heterocycles. The molecule has 23 heavy (non-hydrogen) atoms. The molecular formula is C19H21NO3.